The second-order valence-corrected chi connectivity index (χ2v) is 7.88. The molecule has 134 valence electrons. The fourth-order valence-electron chi connectivity index (χ4n) is 5.02. The second kappa shape index (κ2) is 8.17. The van der Waals surface area contributed by atoms with Crippen LogP contribution in [0.25, 0.3) is 0 Å². The molecule has 1 saturated heterocycles. The molecule has 4 atom stereocenters. The van der Waals surface area contributed by atoms with Gasteiger partial charge in [-0.05, 0) is 46.8 Å². The van der Waals surface area contributed by atoms with E-state index in [0.717, 1.165) is 19.5 Å². The molecule has 0 aromatic carbocycles. The van der Waals surface area contributed by atoms with Gasteiger partial charge in [-0.15, -0.1) is 12.4 Å². The predicted octanol–water partition coefficient (Wildman–Crippen LogP) is 2.61. The Kier molecular flexibility index (Phi) is 6.76. The quantitative estimate of drug-likeness (QED) is 0.788. The van der Waals surface area contributed by atoms with Crippen molar-refractivity contribution in [3.8, 4) is 0 Å². The van der Waals surface area contributed by atoms with Crippen LogP contribution in [0.2, 0.25) is 0 Å². The third-order valence-corrected chi connectivity index (χ3v) is 6.26. The minimum absolute atomic E-state index is 0. The molecular formula is C18H34ClN3O. The van der Waals surface area contributed by atoms with Crippen LogP contribution in [0.5, 0.6) is 0 Å². The summed E-state index contributed by atoms with van der Waals surface area (Å²) in [6.45, 7) is 1.89. The van der Waals surface area contributed by atoms with Gasteiger partial charge in [-0.25, -0.2) is 0 Å². The van der Waals surface area contributed by atoms with Gasteiger partial charge in [0.15, 0.2) is 0 Å². The highest BCUT2D eigenvalue weighted by molar-refractivity contribution is 5.85. The van der Waals surface area contributed by atoms with Gasteiger partial charge in [-0.3, -0.25) is 9.69 Å². The second-order valence-electron chi connectivity index (χ2n) is 7.88. The number of halogens is 1. The molecule has 5 heteroatoms. The molecule has 0 bridgehead atoms. The number of likely N-dealkylation sites (N-methyl/N-ethyl adjacent to an activating group) is 2. The fourth-order valence-corrected chi connectivity index (χ4v) is 5.02. The van der Waals surface area contributed by atoms with Crippen LogP contribution in [0.4, 0.5) is 0 Å². The molecule has 4 nitrogen and oxygen atoms in total. The molecule has 4 unspecified atom stereocenters. The molecule has 1 aliphatic heterocycles. The van der Waals surface area contributed by atoms with Gasteiger partial charge in [0.05, 0.1) is 5.92 Å². The molecule has 0 N–H and O–H groups in total. The summed E-state index contributed by atoms with van der Waals surface area (Å²) in [6.07, 6.45) is 9.95. The van der Waals surface area contributed by atoms with Crippen molar-refractivity contribution in [2.24, 2.45) is 5.92 Å². The normalized spacial score (nSPS) is 35.3. The largest absolute Gasteiger partial charge is 0.337 e. The first-order valence-corrected chi connectivity index (χ1v) is 9.26. The molecule has 0 spiro atoms. The summed E-state index contributed by atoms with van der Waals surface area (Å²) in [6, 6.07) is 1.54. The van der Waals surface area contributed by atoms with Crippen molar-refractivity contribution in [2.75, 3.05) is 34.2 Å². The summed E-state index contributed by atoms with van der Waals surface area (Å²) >= 11 is 0. The van der Waals surface area contributed by atoms with E-state index < -0.39 is 0 Å². The standard InChI is InChI=1S/C18H33N3O.ClH/c1-19(2)12-13-21-17-11-7-6-10-16(17)20(3)15-9-5-4-8-14(15)18(21)22;/h14-17H,4-13H2,1-3H3;1H. The Labute approximate surface area is 148 Å². The summed E-state index contributed by atoms with van der Waals surface area (Å²) < 4.78 is 0. The lowest BCUT2D eigenvalue weighted by molar-refractivity contribution is -0.139. The van der Waals surface area contributed by atoms with E-state index in [1.54, 1.807) is 0 Å². The van der Waals surface area contributed by atoms with Crippen LogP contribution in [0.1, 0.15) is 51.4 Å². The number of carbonyl (C=O) groups excluding carboxylic acids is 1. The van der Waals surface area contributed by atoms with Gasteiger partial charge in [0.25, 0.3) is 0 Å². The number of hydrogen-bond acceptors (Lipinski definition) is 3. The molecule has 1 amide bonds. The molecule has 1 heterocycles. The number of hydrogen-bond donors (Lipinski definition) is 0. The molecule has 3 rings (SSSR count). The maximum atomic E-state index is 13.3. The monoisotopic (exact) mass is 343 g/mol. The zero-order valence-electron chi connectivity index (χ0n) is 15.0. The molecule has 0 radical (unpaired) electrons. The Morgan fingerprint density at radius 2 is 1.52 bits per heavy atom. The van der Waals surface area contributed by atoms with E-state index in [-0.39, 0.29) is 18.3 Å². The average molecular weight is 344 g/mol. The Morgan fingerprint density at radius 3 is 2.17 bits per heavy atom. The number of carbonyl (C=O) groups is 1. The van der Waals surface area contributed by atoms with E-state index >= 15 is 0 Å². The van der Waals surface area contributed by atoms with Crippen LogP contribution in [-0.2, 0) is 4.79 Å². The predicted molar refractivity (Wildman–Crippen MR) is 97.1 cm³/mol. The highest BCUT2D eigenvalue weighted by Crippen LogP contribution is 2.38. The van der Waals surface area contributed by atoms with Crippen molar-refractivity contribution < 1.29 is 4.79 Å². The van der Waals surface area contributed by atoms with Gasteiger partial charge in [0, 0.05) is 31.2 Å². The molecule has 2 aliphatic carbocycles. The SMILES string of the molecule is CN(C)CCN1C(=O)C2CCCCC2N(C)C2CCCCC21.Cl. The van der Waals surface area contributed by atoms with E-state index in [1.165, 1.54) is 44.9 Å². The lowest BCUT2D eigenvalue weighted by atomic mass is 9.82. The summed E-state index contributed by atoms with van der Waals surface area (Å²) in [5.74, 6) is 0.722. The maximum absolute atomic E-state index is 13.3. The van der Waals surface area contributed by atoms with Crippen LogP contribution in [-0.4, -0.2) is 73.0 Å². The van der Waals surface area contributed by atoms with E-state index in [0.29, 0.717) is 24.0 Å². The smallest absolute Gasteiger partial charge is 0.227 e. The van der Waals surface area contributed by atoms with E-state index in [9.17, 15) is 4.79 Å². The van der Waals surface area contributed by atoms with E-state index in [2.05, 4.69) is 35.8 Å². The van der Waals surface area contributed by atoms with Gasteiger partial charge in [-0.1, -0.05) is 25.7 Å². The van der Waals surface area contributed by atoms with Gasteiger partial charge < -0.3 is 9.80 Å². The molecular weight excluding hydrogens is 310 g/mol. The van der Waals surface area contributed by atoms with Crippen molar-refractivity contribution in [3.05, 3.63) is 0 Å². The highest BCUT2D eigenvalue weighted by atomic mass is 35.5. The molecule has 0 aromatic heterocycles. The first-order valence-electron chi connectivity index (χ1n) is 9.26. The van der Waals surface area contributed by atoms with Crippen LogP contribution in [0, 0.1) is 5.92 Å². The zero-order chi connectivity index (χ0) is 15.7. The Bertz CT molecular complexity index is 404. The van der Waals surface area contributed by atoms with Crippen molar-refractivity contribution >= 4 is 18.3 Å². The third-order valence-electron chi connectivity index (χ3n) is 6.26. The first-order chi connectivity index (χ1) is 10.6. The fraction of sp³-hybridized carbons (Fsp3) is 0.944. The summed E-state index contributed by atoms with van der Waals surface area (Å²) in [4.78, 5) is 20.4. The molecule has 3 fully saturated rings. The first kappa shape index (κ1) is 19.0. The minimum Gasteiger partial charge on any atom is -0.337 e. The topological polar surface area (TPSA) is 26.8 Å². The van der Waals surface area contributed by atoms with Gasteiger partial charge in [-0.2, -0.15) is 0 Å². The summed E-state index contributed by atoms with van der Waals surface area (Å²) in [5.41, 5.74) is 0. The third kappa shape index (κ3) is 3.85. The lowest BCUT2D eigenvalue weighted by Gasteiger charge is -2.43. The molecule has 3 aliphatic rings. The summed E-state index contributed by atoms with van der Waals surface area (Å²) in [7, 11) is 6.51. The van der Waals surface area contributed by atoms with Crippen molar-refractivity contribution in [2.45, 2.75) is 69.5 Å². The minimum atomic E-state index is 0. The summed E-state index contributed by atoms with van der Waals surface area (Å²) in [5, 5.41) is 0. The van der Waals surface area contributed by atoms with Gasteiger partial charge >= 0.3 is 0 Å². The number of amides is 1. The van der Waals surface area contributed by atoms with Crippen LogP contribution in [0.3, 0.4) is 0 Å². The highest BCUT2D eigenvalue weighted by Gasteiger charge is 2.46. The molecule has 23 heavy (non-hydrogen) atoms. The average Bonchev–Trinajstić information content (AvgIpc) is 2.62. The Hall–Kier alpha value is -0.320. The van der Waals surface area contributed by atoms with Crippen LogP contribution in [0.15, 0.2) is 0 Å². The van der Waals surface area contributed by atoms with Crippen molar-refractivity contribution in [1.29, 1.82) is 0 Å². The number of fused-ring (bicyclic) bond motifs is 2. The van der Waals surface area contributed by atoms with Crippen molar-refractivity contribution in [3.63, 3.8) is 0 Å². The molecule has 0 aromatic rings. The lowest BCUT2D eigenvalue weighted by Crippen LogP contribution is -2.53. The number of rotatable bonds is 3. The molecule has 2 saturated carbocycles. The Morgan fingerprint density at radius 1 is 0.957 bits per heavy atom. The van der Waals surface area contributed by atoms with Gasteiger partial charge in [0.2, 0.25) is 5.91 Å². The van der Waals surface area contributed by atoms with Crippen LogP contribution < -0.4 is 0 Å². The van der Waals surface area contributed by atoms with E-state index in [1.807, 2.05) is 0 Å². The number of nitrogens with zero attached hydrogens (tertiary/aromatic N) is 3. The zero-order valence-corrected chi connectivity index (χ0v) is 15.9. The maximum Gasteiger partial charge on any atom is 0.227 e. The van der Waals surface area contributed by atoms with Crippen molar-refractivity contribution in [1.82, 2.24) is 14.7 Å². The Balaban J connectivity index is 0.00000192. The van der Waals surface area contributed by atoms with E-state index in [4.69, 9.17) is 0 Å². The van der Waals surface area contributed by atoms with Crippen LogP contribution >= 0.6 is 12.4 Å². The van der Waals surface area contributed by atoms with Gasteiger partial charge in [0.1, 0.15) is 0 Å².